The molecule has 0 unspecified atom stereocenters. The molecule has 0 radical (unpaired) electrons. The fraction of sp³-hybridized carbons (Fsp3) is 0.0588. The van der Waals surface area contributed by atoms with Crippen LogP contribution in [0.15, 0.2) is 46.9 Å². The minimum Gasteiger partial charge on any atom is -0.545 e. The number of benzene rings is 2. The second-order valence-electron chi connectivity index (χ2n) is 5.30. The first-order chi connectivity index (χ1) is 11.9. The first-order valence-electron chi connectivity index (χ1n) is 7.14. The second kappa shape index (κ2) is 6.48. The van der Waals surface area contributed by atoms with Crippen molar-refractivity contribution in [3.8, 4) is 0 Å². The van der Waals surface area contributed by atoms with Crippen molar-refractivity contribution in [1.82, 2.24) is 4.90 Å². The Balaban J connectivity index is 1.70. The van der Waals surface area contributed by atoms with Crippen LogP contribution in [0, 0.1) is 0 Å². The number of hydrogen-bond acceptors (Lipinski definition) is 5. The van der Waals surface area contributed by atoms with E-state index in [1.165, 1.54) is 36.4 Å². The van der Waals surface area contributed by atoms with Crippen LogP contribution in [-0.2, 0) is 4.79 Å². The summed E-state index contributed by atoms with van der Waals surface area (Å²) in [6, 6.07) is 10.1. The van der Waals surface area contributed by atoms with Gasteiger partial charge in [-0.25, -0.2) is 0 Å². The van der Waals surface area contributed by atoms with Crippen LogP contribution in [0.4, 0.5) is 5.69 Å². The van der Waals surface area contributed by atoms with Crippen LogP contribution in [0.5, 0.6) is 0 Å². The number of carboxylic acid groups (broad SMARTS) is 1. The maximum Gasteiger partial charge on any atom is 0.262 e. The third kappa shape index (κ3) is 3.29. The highest BCUT2D eigenvalue weighted by atomic mass is 79.9. The average molecular weight is 402 g/mol. The minimum absolute atomic E-state index is 0.0241. The van der Waals surface area contributed by atoms with Gasteiger partial charge in [0.15, 0.2) is 0 Å². The van der Waals surface area contributed by atoms with Gasteiger partial charge >= 0.3 is 0 Å². The zero-order chi connectivity index (χ0) is 18.1. The van der Waals surface area contributed by atoms with E-state index in [9.17, 15) is 24.3 Å². The highest BCUT2D eigenvalue weighted by Crippen LogP contribution is 2.25. The highest BCUT2D eigenvalue weighted by molar-refractivity contribution is 9.10. The average Bonchev–Trinajstić information content (AvgIpc) is 2.80. The molecule has 0 bridgehead atoms. The summed E-state index contributed by atoms with van der Waals surface area (Å²) in [7, 11) is 0. The van der Waals surface area contributed by atoms with E-state index in [4.69, 9.17) is 0 Å². The van der Waals surface area contributed by atoms with Crippen molar-refractivity contribution in [2.45, 2.75) is 0 Å². The molecule has 3 rings (SSSR count). The summed E-state index contributed by atoms with van der Waals surface area (Å²) in [5.41, 5.74) is 0.808. The van der Waals surface area contributed by atoms with E-state index in [2.05, 4.69) is 21.2 Å². The van der Waals surface area contributed by atoms with Gasteiger partial charge in [-0.1, -0.05) is 28.1 Å². The standard InChI is InChI=1S/C17H11BrN2O5/c18-10-3-6-12-13(7-10)16(23)20(15(12)22)8-14(21)19-11-4-1-9(2-5-11)17(24)25/h1-7H,8H2,(H,19,21)(H,24,25)/p-1. The Morgan fingerprint density at radius 2 is 1.64 bits per heavy atom. The summed E-state index contributed by atoms with van der Waals surface area (Å²) in [6.45, 7) is -0.438. The number of carboxylic acids is 1. The molecular formula is C17H10BrN2O5-. The van der Waals surface area contributed by atoms with Crippen LogP contribution in [0.1, 0.15) is 31.1 Å². The van der Waals surface area contributed by atoms with Gasteiger partial charge in [-0.2, -0.15) is 0 Å². The Kier molecular flexibility index (Phi) is 4.37. The summed E-state index contributed by atoms with van der Waals surface area (Å²) < 4.78 is 0.659. The van der Waals surface area contributed by atoms with Gasteiger partial charge in [-0.3, -0.25) is 19.3 Å². The number of fused-ring (bicyclic) bond motifs is 1. The first-order valence-corrected chi connectivity index (χ1v) is 7.93. The van der Waals surface area contributed by atoms with Crippen molar-refractivity contribution in [1.29, 1.82) is 0 Å². The number of amides is 3. The molecule has 7 nitrogen and oxygen atoms in total. The summed E-state index contributed by atoms with van der Waals surface area (Å²) >= 11 is 3.24. The molecule has 8 heteroatoms. The van der Waals surface area contributed by atoms with Crippen molar-refractivity contribution in [3.63, 3.8) is 0 Å². The minimum atomic E-state index is -1.32. The third-order valence-corrected chi connectivity index (χ3v) is 4.13. The molecule has 1 aliphatic heterocycles. The Labute approximate surface area is 150 Å². The molecule has 0 spiro atoms. The van der Waals surface area contributed by atoms with Gasteiger partial charge in [0.2, 0.25) is 5.91 Å². The molecule has 1 aliphatic rings. The number of nitrogens with zero attached hydrogens (tertiary/aromatic N) is 1. The normalized spacial score (nSPS) is 12.9. The van der Waals surface area contributed by atoms with Gasteiger partial charge in [-0.05, 0) is 35.9 Å². The van der Waals surface area contributed by atoms with E-state index in [1.54, 1.807) is 6.07 Å². The molecule has 0 atom stereocenters. The molecule has 0 fully saturated rings. The lowest BCUT2D eigenvalue weighted by Crippen LogP contribution is -2.37. The number of aromatic carboxylic acids is 1. The monoisotopic (exact) mass is 401 g/mol. The molecule has 126 valence electrons. The fourth-order valence-electron chi connectivity index (χ4n) is 2.44. The van der Waals surface area contributed by atoms with Gasteiger partial charge in [0.05, 0.1) is 17.1 Å². The van der Waals surface area contributed by atoms with Crippen LogP contribution in [0.25, 0.3) is 0 Å². The van der Waals surface area contributed by atoms with Crippen LogP contribution >= 0.6 is 15.9 Å². The van der Waals surface area contributed by atoms with E-state index in [0.29, 0.717) is 10.2 Å². The zero-order valence-electron chi connectivity index (χ0n) is 12.6. The van der Waals surface area contributed by atoms with Crippen LogP contribution in [-0.4, -0.2) is 35.1 Å². The molecule has 25 heavy (non-hydrogen) atoms. The van der Waals surface area contributed by atoms with Crippen molar-refractivity contribution in [3.05, 3.63) is 63.6 Å². The Hall–Kier alpha value is -3.00. The van der Waals surface area contributed by atoms with Crippen LogP contribution in [0.3, 0.4) is 0 Å². The summed E-state index contributed by atoms with van der Waals surface area (Å²) in [5.74, 6) is -2.97. The van der Waals surface area contributed by atoms with Gasteiger partial charge < -0.3 is 15.2 Å². The lowest BCUT2D eigenvalue weighted by Gasteiger charge is -2.14. The maximum atomic E-state index is 12.3. The number of anilines is 1. The highest BCUT2D eigenvalue weighted by Gasteiger charge is 2.36. The van der Waals surface area contributed by atoms with Crippen LogP contribution in [0.2, 0.25) is 0 Å². The van der Waals surface area contributed by atoms with Crippen LogP contribution < -0.4 is 10.4 Å². The quantitative estimate of drug-likeness (QED) is 0.770. The van der Waals surface area contributed by atoms with E-state index in [-0.39, 0.29) is 16.7 Å². The Bertz CT molecular complexity index is 908. The maximum absolute atomic E-state index is 12.3. The van der Waals surface area contributed by atoms with Crippen molar-refractivity contribution < 1.29 is 24.3 Å². The van der Waals surface area contributed by atoms with E-state index in [1.807, 2.05) is 0 Å². The largest absolute Gasteiger partial charge is 0.545 e. The van der Waals surface area contributed by atoms with Crippen molar-refractivity contribution in [2.75, 3.05) is 11.9 Å². The predicted octanol–water partition coefficient (Wildman–Crippen LogP) is 1.05. The predicted molar refractivity (Wildman–Crippen MR) is 88.9 cm³/mol. The number of carbonyl (C=O) groups is 4. The smallest absolute Gasteiger partial charge is 0.262 e. The number of hydrogen-bond donors (Lipinski definition) is 1. The second-order valence-corrected chi connectivity index (χ2v) is 6.22. The van der Waals surface area contributed by atoms with E-state index >= 15 is 0 Å². The molecule has 0 saturated heterocycles. The lowest BCUT2D eigenvalue weighted by molar-refractivity contribution is -0.255. The number of halogens is 1. The zero-order valence-corrected chi connectivity index (χ0v) is 14.2. The Morgan fingerprint density at radius 1 is 1.00 bits per heavy atom. The fourth-order valence-corrected chi connectivity index (χ4v) is 2.80. The number of carbonyl (C=O) groups excluding carboxylic acids is 4. The van der Waals surface area contributed by atoms with Crippen molar-refractivity contribution in [2.24, 2.45) is 0 Å². The molecule has 3 amide bonds. The number of nitrogens with one attached hydrogen (secondary N) is 1. The summed E-state index contributed by atoms with van der Waals surface area (Å²) in [6.07, 6.45) is 0. The van der Waals surface area contributed by atoms with E-state index in [0.717, 1.165) is 4.90 Å². The Morgan fingerprint density at radius 3 is 2.28 bits per heavy atom. The third-order valence-electron chi connectivity index (χ3n) is 3.64. The molecule has 2 aromatic carbocycles. The molecule has 1 N–H and O–H groups in total. The SMILES string of the molecule is O=C(CN1C(=O)c2ccc(Br)cc2C1=O)Nc1ccc(C(=O)[O-])cc1. The molecular weight excluding hydrogens is 392 g/mol. The molecule has 0 aliphatic carbocycles. The summed E-state index contributed by atoms with van der Waals surface area (Å²) in [5, 5.41) is 13.2. The number of imide groups is 1. The van der Waals surface area contributed by atoms with Gasteiger partial charge in [0.1, 0.15) is 6.54 Å². The van der Waals surface area contributed by atoms with Gasteiger partial charge in [-0.15, -0.1) is 0 Å². The topological polar surface area (TPSA) is 107 Å². The molecule has 0 saturated carbocycles. The molecule has 1 heterocycles. The van der Waals surface area contributed by atoms with Gasteiger partial charge in [0.25, 0.3) is 11.8 Å². The first kappa shape index (κ1) is 16.8. The molecule has 2 aromatic rings. The van der Waals surface area contributed by atoms with E-state index < -0.39 is 30.2 Å². The van der Waals surface area contributed by atoms with Crippen molar-refractivity contribution >= 4 is 45.3 Å². The van der Waals surface area contributed by atoms with Gasteiger partial charge in [0, 0.05) is 10.2 Å². The number of rotatable bonds is 4. The summed E-state index contributed by atoms with van der Waals surface area (Å²) in [4.78, 5) is 48.2. The molecule has 0 aromatic heterocycles. The lowest BCUT2D eigenvalue weighted by atomic mass is 10.1.